The van der Waals surface area contributed by atoms with E-state index in [0.717, 1.165) is 36.3 Å². The molecular formula is C16H18ClN3O. The molecule has 0 radical (unpaired) electrons. The summed E-state index contributed by atoms with van der Waals surface area (Å²) in [5.41, 5.74) is 2.47. The first kappa shape index (κ1) is 14.4. The molecule has 5 heteroatoms. The van der Waals surface area contributed by atoms with Gasteiger partial charge in [0.2, 0.25) is 0 Å². The third-order valence-corrected chi connectivity index (χ3v) is 4.31. The van der Waals surface area contributed by atoms with Gasteiger partial charge in [-0.15, -0.1) is 11.6 Å². The summed E-state index contributed by atoms with van der Waals surface area (Å²) in [5, 5.41) is 8.94. The molecule has 1 saturated heterocycles. The maximum Gasteiger partial charge on any atom is 0.128 e. The molecule has 1 aliphatic heterocycles. The zero-order valence-corrected chi connectivity index (χ0v) is 13.0. The van der Waals surface area contributed by atoms with Gasteiger partial charge in [-0.2, -0.15) is 5.26 Å². The third kappa shape index (κ3) is 2.52. The number of benzene rings is 1. The first-order valence-electron chi connectivity index (χ1n) is 7.29. The van der Waals surface area contributed by atoms with Crippen LogP contribution < -0.4 is 0 Å². The molecule has 0 N–H and O–H groups in total. The average molecular weight is 304 g/mol. The van der Waals surface area contributed by atoms with Gasteiger partial charge in [0.1, 0.15) is 5.82 Å². The van der Waals surface area contributed by atoms with Crippen molar-refractivity contribution in [1.29, 1.82) is 5.26 Å². The Labute approximate surface area is 129 Å². The Bertz CT molecular complexity index is 695. The Balaban J connectivity index is 2.16. The van der Waals surface area contributed by atoms with Crippen molar-refractivity contribution in [2.75, 3.05) is 6.61 Å². The maximum absolute atomic E-state index is 9.12. The van der Waals surface area contributed by atoms with E-state index in [0.29, 0.717) is 5.56 Å². The molecule has 0 saturated carbocycles. The van der Waals surface area contributed by atoms with Crippen molar-refractivity contribution in [1.82, 2.24) is 9.55 Å². The minimum Gasteiger partial charge on any atom is -0.376 e. The lowest BCUT2D eigenvalue weighted by molar-refractivity contribution is 0.0736. The molecule has 0 spiro atoms. The van der Waals surface area contributed by atoms with Crippen LogP contribution in [0.3, 0.4) is 0 Å². The van der Waals surface area contributed by atoms with Gasteiger partial charge in [0.15, 0.2) is 0 Å². The summed E-state index contributed by atoms with van der Waals surface area (Å²) >= 11 is 6.32. The van der Waals surface area contributed by atoms with Gasteiger partial charge in [0, 0.05) is 6.61 Å². The molecule has 1 aromatic heterocycles. The summed E-state index contributed by atoms with van der Waals surface area (Å²) in [6.45, 7) is 4.88. The smallest absolute Gasteiger partial charge is 0.128 e. The van der Waals surface area contributed by atoms with E-state index in [1.807, 2.05) is 19.1 Å². The molecule has 21 heavy (non-hydrogen) atoms. The number of hydrogen-bond acceptors (Lipinski definition) is 3. The first-order chi connectivity index (χ1) is 10.1. The van der Waals surface area contributed by atoms with Gasteiger partial charge in [-0.3, -0.25) is 0 Å². The highest BCUT2D eigenvalue weighted by molar-refractivity contribution is 6.20. The monoisotopic (exact) mass is 303 g/mol. The lowest BCUT2D eigenvalue weighted by Crippen LogP contribution is -2.22. The van der Waals surface area contributed by atoms with Crippen molar-refractivity contribution in [3.63, 3.8) is 0 Å². The van der Waals surface area contributed by atoms with E-state index >= 15 is 0 Å². The number of fused-ring (bicyclic) bond motifs is 1. The highest BCUT2D eigenvalue weighted by Crippen LogP contribution is 2.33. The molecule has 110 valence electrons. The lowest BCUT2D eigenvalue weighted by atomic mass is 10.1. The molecule has 1 aliphatic rings. The van der Waals surface area contributed by atoms with Crippen LogP contribution in [0.15, 0.2) is 18.2 Å². The van der Waals surface area contributed by atoms with E-state index in [9.17, 15) is 0 Å². The van der Waals surface area contributed by atoms with Crippen LogP contribution in [0, 0.1) is 11.3 Å². The zero-order chi connectivity index (χ0) is 15.0. The van der Waals surface area contributed by atoms with Gasteiger partial charge in [-0.05, 0) is 44.9 Å². The number of ether oxygens (including phenoxy) is 1. The van der Waals surface area contributed by atoms with E-state index in [2.05, 4.69) is 22.5 Å². The number of imidazole rings is 1. The molecule has 3 atom stereocenters. The van der Waals surface area contributed by atoms with E-state index in [4.69, 9.17) is 21.6 Å². The summed E-state index contributed by atoms with van der Waals surface area (Å²) in [7, 11) is 0. The largest absolute Gasteiger partial charge is 0.376 e. The lowest BCUT2D eigenvalue weighted by Gasteiger charge is -2.23. The van der Waals surface area contributed by atoms with E-state index in [-0.39, 0.29) is 17.5 Å². The molecule has 2 aromatic rings. The van der Waals surface area contributed by atoms with Gasteiger partial charge < -0.3 is 9.30 Å². The Morgan fingerprint density at radius 1 is 1.48 bits per heavy atom. The predicted molar refractivity (Wildman–Crippen MR) is 82.4 cm³/mol. The minimum absolute atomic E-state index is 0.155. The van der Waals surface area contributed by atoms with Crippen molar-refractivity contribution >= 4 is 22.6 Å². The minimum atomic E-state index is -0.188. The fraction of sp³-hybridized carbons (Fsp3) is 0.500. The molecule has 1 aromatic carbocycles. The number of alkyl halides is 1. The first-order valence-corrected chi connectivity index (χ1v) is 7.73. The normalized spacial score (nSPS) is 21.3. The third-order valence-electron chi connectivity index (χ3n) is 4.11. The summed E-state index contributed by atoms with van der Waals surface area (Å²) in [5.74, 6) is 0.838. The number of aromatic nitrogens is 2. The van der Waals surface area contributed by atoms with Crippen LogP contribution >= 0.6 is 11.6 Å². The molecule has 3 rings (SSSR count). The fourth-order valence-corrected chi connectivity index (χ4v) is 3.19. The van der Waals surface area contributed by atoms with Crippen LogP contribution in [-0.2, 0) is 4.74 Å². The molecule has 4 nitrogen and oxygen atoms in total. The SMILES string of the molecule is CC(Cl)c1nc2ccc(C#N)cc2n1C(C)C1CCCO1. The van der Waals surface area contributed by atoms with Crippen molar-refractivity contribution in [3.8, 4) is 6.07 Å². The van der Waals surface area contributed by atoms with Crippen LogP contribution in [0.1, 0.15) is 49.5 Å². The van der Waals surface area contributed by atoms with E-state index in [1.54, 1.807) is 6.07 Å². The Morgan fingerprint density at radius 3 is 2.90 bits per heavy atom. The summed E-state index contributed by atoms with van der Waals surface area (Å²) in [4.78, 5) is 4.65. The fourth-order valence-electron chi connectivity index (χ4n) is 3.04. The summed E-state index contributed by atoms with van der Waals surface area (Å²) in [6, 6.07) is 7.90. The summed E-state index contributed by atoms with van der Waals surface area (Å²) in [6.07, 6.45) is 2.33. The number of halogens is 1. The van der Waals surface area contributed by atoms with Crippen molar-refractivity contribution in [3.05, 3.63) is 29.6 Å². The number of nitriles is 1. The van der Waals surface area contributed by atoms with Gasteiger partial charge in [-0.1, -0.05) is 0 Å². The molecule has 0 aliphatic carbocycles. The molecule has 0 bridgehead atoms. The van der Waals surface area contributed by atoms with Crippen LogP contribution in [0.2, 0.25) is 0 Å². The van der Waals surface area contributed by atoms with Gasteiger partial charge in [-0.25, -0.2) is 4.98 Å². The molecule has 1 fully saturated rings. The maximum atomic E-state index is 9.12. The number of hydrogen-bond donors (Lipinski definition) is 0. The van der Waals surface area contributed by atoms with Gasteiger partial charge in [0.05, 0.1) is 40.2 Å². The van der Waals surface area contributed by atoms with Crippen LogP contribution in [0.4, 0.5) is 0 Å². The van der Waals surface area contributed by atoms with E-state index < -0.39 is 0 Å². The Kier molecular flexibility index (Phi) is 3.88. The second-order valence-electron chi connectivity index (χ2n) is 5.56. The second-order valence-corrected chi connectivity index (χ2v) is 6.22. The molecular weight excluding hydrogens is 286 g/mol. The topological polar surface area (TPSA) is 50.8 Å². The summed E-state index contributed by atoms with van der Waals surface area (Å²) < 4.78 is 7.96. The van der Waals surface area contributed by atoms with Crippen LogP contribution in [-0.4, -0.2) is 22.3 Å². The van der Waals surface area contributed by atoms with Crippen LogP contribution in [0.25, 0.3) is 11.0 Å². The zero-order valence-electron chi connectivity index (χ0n) is 12.2. The highest BCUT2D eigenvalue weighted by Gasteiger charge is 2.28. The predicted octanol–water partition coefficient (Wildman–Crippen LogP) is 3.95. The van der Waals surface area contributed by atoms with Crippen LogP contribution in [0.5, 0.6) is 0 Å². The van der Waals surface area contributed by atoms with Crippen molar-refractivity contribution in [2.45, 2.75) is 44.2 Å². The number of nitrogens with zero attached hydrogens (tertiary/aromatic N) is 3. The average Bonchev–Trinajstić information content (AvgIpc) is 3.13. The highest BCUT2D eigenvalue weighted by atomic mass is 35.5. The number of rotatable bonds is 3. The quantitative estimate of drug-likeness (QED) is 0.807. The molecule has 0 amide bonds. The molecule has 3 unspecified atom stereocenters. The Hall–Kier alpha value is -1.57. The molecule has 2 heterocycles. The standard InChI is InChI=1S/C16H18ClN3O/c1-10(17)16-19-13-6-5-12(9-18)8-14(13)20(16)11(2)15-4-3-7-21-15/h5-6,8,10-11,15H,3-4,7H2,1-2H3. The van der Waals surface area contributed by atoms with Crippen molar-refractivity contribution < 1.29 is 4.74 Å². The second kappa shape index (κ2) is 5.67. The van der Waals surface area contributed by atoms with Crippen molar-refractivity contribution in [2.24, 2.45) is 0 Å². The Morgan fingerprint density at radius 2 is 2.29 bits per heavy atom. The van der Waals surface area contributed by atoms with Gasteiger partial charge in [0.25, 0.3) is 0 Å². The van der Waals surface area contributed by atoms with E-state index in [1.165, 1.54) is 0 Å². The van der Waals surface area contributed by atoms with Gasteiger partial charge >= 0.3 is 0 Å².